The van der Waals surface area contributed by atoms with E-state index in [1.165, 1.54) is 43.5 Å². The fourth-order valence-corrected chi connectivity index (χ4v) is 2.67. The van der Waals surface area contributed by atoms with Crippen LogP contribution in [0.1, 0.15) is 31.7 Å². The van der Waals surface area contributed by atoms with Gasteiger partial charge in [0.15, 0.2) is 0 Å². The SMILES string of the molecule is CCC(CN)CCN1CCCc2ccccc21. The van der Waals surface area contributed by atoms with Crippen LogP contribution < -0.4 is 10.6 Å². The Hall–Kier alpha value is -1.02. The van der Waals surface area contributed by atoms with E-state index in [9.17, 15) is 0 Å². The summed E-state index contributed by atoms with van der Waals surface area (Å²) >= 11 is 0. The minimum atomic E-state index is 0.684. The van der Waals surface area contributed by atoms with Crippen LogP contribution in [-0.4, -0.2) is 19.6 Å². The molecule has 2 rings (SSSR count). The lowest BCUT2D eigenvalue weighted by Crippen LogP contribution is -2.32. The van der Waals surface area contributed by atoms with Crippen molar-refractivity contribution in [2.45, 2.75) is 32.6 Å². The first kappa shape index (κ1) is 12.4. The molecule has 17 heavy (non-hydrogen) atoms. The van der Waals surface area contributed by atoms with E-state index < -0.39 is 0 Å². The van der Waals surface area contributed by atoms with Gasteiger partial charge in [0.2, 0.25) is 0 Å². The third-order valence-electron chi connectivity index (χ3n) is 3.92. The molecular weight excluding hydrogens is 208 g/mol. The van der Waals surface area contributed by atoms with Crippen LogP contribution in [-0.2, 0) is 6.42 Å². The smallest absolute Gasteiger partial charge is 0.0398 e. The molecule has 0 spiro atoms. The van der Waals surface area contributed by atoms with Gasteiger partial charge in [-0.05, 0) is 43.4 Å². The number of hydrogen-bond acceptors (Lipinski definition) is 2. The first-order valence-electron chi connectivity index (χ1n) is 6.88. The molecule has 0 aromatic heterocycles. The number of fused-ring (bicyclic) bond motifs is 1. The summed E-state index contributed by atoms with van der Waals surface area (Å²) in [5.41, 5.74) is 8.74. The molecule has 1 aromatic rings. The highest BCUT2D eigenvalue weighted by atomic mass is 15.1. The molecular formula is C15H24N2. The lowest BCUT2D eigenvalue weighted by Gasteiger charge is -2.32. The number of nitrogens with zero attached hydrogens (tertiary/aromatic N) is 1. The summed E-state index contributed by atoms with van der Waals surface area (Å²) in [6.45, 7) is 5.43. The van der Waals surface area contributed by atoms with Crippen molar-refractivity contribution in [1.82, 2.24) is 0 Å². The molecule has 1 aliphatic rings. The van der Waals surface area contributed by atoms with Gasteiger partial charge >= 0.3 is 0 Å². The van der Waals surface area contributed by atoms with Crippen molar-refractivity contribution in [3.8, 4) is 0 Å². The maximum atomic E-state index is 5.78. The largest absolute Gasteiger partial charge is 0.371 e. The molecule has 0 bridgehead atoms. The summed E-state index contributed by atoms with van der Waals surface area (Å²) in [5.74, 6) is 0.684. The maximum absolute atomic E-state index is 5.78. The maximum Gasteiger partial charge on any atom is 0.0398 e. The van der Waals surface area contributed by atoms with Crippen molar-refractivity contribution in [2.75, 3.05) is 24.5 Å². The van der Waals surface area contributed by atoms with Crippen molar-refractivity contribution >= 4 is 5.69 Å². The number of nitrogens with two attached hydrogens (primary N) is 1. The molecule has 1 heterocycles. The number of anilines is 1. The predicted molar refractivity (Wildman–Crippen MR) is 74.4 cm³/mol. The van der Waals surface area contributed by atoms with Crippen LogP contribution in [0.3, 0.4) is 0 Å². The summed E-state index contributed by atoms with van der Waals surface area (Å²) in [7, 11) is 0. The third-order valence-corrected chi connectivity index (χ3v) is 3.92. The molecule has 0 fully saturated rings. The summed E-state index contributed by atoms with van der Waals surface area (Å²) in [6.07, 6.45) is 4.95. The Labute approximate surface area is 105 Å². The zero-order valence-corrected chi connectivity index (χ0v) is 10.9. The fourth-order valence-electron chi connectivity index (χ4n) is 2.67. The molecule has 0 aliphatic carbocycles. The van der Waals surface area contributed by atoms with Gasteiger partial charge in [-0.1, -0.05) is 31.5 Å². The Morgan fingerprint density at radius 1 is 1.35 bits per heavy atom. The molecule has 0 saturated carbocycles. The van der Waals surface area contributed by atoms with E-state index in [4.69, 9.17) is 5.73 Å². The lowest BCUT2D eigenvalue weighted by molar-refractivity contribution is 0.474. The zero-order chi connectivity index (χ0) is 12.1. The van der Waals surface area contributed by atoms with Gasteiger partial charge in [-0.3, -0.25) is 0 Å². The quantitative estimate of drug-likeness (QED) is 0.846. The van der Waals surface area contributed by atoms with E-state index in [-0.39, 0.29) is 0 Å². The molecule has 2 nitrogen and oxygen atoms in total. The third kappa shape index (κ3) is 3.01. The molecule has 2 N–H and O–H groups in total. The van der Waals surface area contributed by atoms with Gasteiger partial charge in [0.25, 0.3) is 0 Å². The van der Waals surface area contributed by atoms with Crippen molar-refractivity contribution < 1.29 is 0 Å². The minimum absolute atomic E-state index is 0.684. The average molecular weight is 232 g/mol. The number of rotatable bonds is 5. The Morgan fingerprint density at radius 3 is 2.94 bits per heavy atom. The van der Waals surface area contributed by atoms with Crippen LogP contribution in [0.15, 0.2) is 24.3 Å². The van der Waals surface area contributed by atoms with Crippen LogP contribution in [0.2, 0.25) is 0 Å². The summed E-state index contributed by atoms with van der Waals surface area (Å²) in [6, 6.07) is 8.83. The first-order chi connectivity index (χ1) is 8.35. The minimum Gasteiger partial charge on any atom is -0.371 e. The van der Waals surface area contributed by atoms with Gasteiger partial charge in [-0.2, -0.15) is 0 Å². The van der Waals surface area contributed by atoms with Crippen LogP contribution in [0, 0.1) is 5.92 Å². The molecule has 1 atom stereocenters. The van der Waals surface area contributed by atoms with E-state index in [2.05, 4.69) is 36.1 Å². The van der Waals surface area contributed by atoms with Crippen LogP contribution in [0.5, 0.6) is 0 Å². The van der Waals surface area contributed by atoms with Gasteiger partial charge in [-0.15, -0.1) is 0 Å². The van der Waals surface area contributed by atoms with Crippen molar-refractivity contribution in [2.24, 2.45) is 11.7 Å². The van der Waals surface area contributed by atoms with E-state index in [1.807, 2.05) is 0 Å². The van der Waals surface area contributed by atoms with Gasteiger partial charge in [0.05, 0.1) is 0 Å². The van der Waals surface area contributed by atoms with Gasteiger partial charge in [0.1, 0.15) is 0 Å². The highest BCUT2D eigenvalue weighted by molar-refractivity contribution is 5.55. The van der Waals surface area contributed by atoms with E-state index in [0.717, 1.165) is 13.1 Å². The molecule has 94 valence electrons. The molecule has 0 radical (unpaired) electrons. The zero-order valence-electron chi connectivity index (χ0n) is 10.9. The number of para-hydroxylation sites is 1. The molecule has 1 aliphatic heterocycles. The van der Waals surface area contributed by atoms with Crippen LogP contribution in [0.25, 0.3) is 0 Å². The van der Waals surface area contributed by atoms with Gasteiger partial charge in [-0.25, -0.2) is 0 Å². The number of aryl methyl sites for hydroxylation is 1. The molecule has 2 heteroatoms. The van der Waals surface area contributed by atoms with E-state index in [0.29, 0.717) is 5.92 Å². The van der Waals surface area contributed by atoms with Crippen LogP contribution >= 0.6 is 0 Å². The fraction of sp³-hybridized carbons (Fsp3) is 0.600. The highest BCUT2D eigenvalue weighted by Gasteiger charge is 2.16. The first-order valence-corrected chi connectivity index (χ1v) is 6.88. The summed E-state index contributed by atoms with van der Waals surface area (Å²) < 4.78 is 0. The average Bonchev–Trinajstić information content (AvgIpc) is 2.40. The highest BCUT2D eigenvalue weighted by Crippen LogP contribution is 2.27. The van der Waals surface area contributed by atoms with E-state index >= 15 is 0 Å². The molecule has 1 aromatic carbocycles. The molecule has 0 saturated heterocycles. The second-order valence-electron chi connectivity index (χ2n) is 5.02. The Kier molecular flexibility index (Phi) is 4.43. The Balaban J connectivity index is 1.99. The van der Waals surface area contributed by atoms with E-state index in [1.54, 1.807) is 0 Å². The topological polar surface area (TPSA) is 29.3 Å². The monoisotopic (exact) mass is 232 g/mol. The second-order valence-corrected chi connectivity index (χ2v) is 5.02. The second kappa shape index (κ2) is 6.06. The van der Waals surface area contributed by atoms with Gasteiger partial charge in [0, 0.05) is 18.8 Å². The van der Waals surface area contributed by atoms with Crippen molar-refractivity contribution in [1.29, 1.82) is 0 Å². The Morgan fingerprint density at radius 2 is 2.18 bits per heavy atom. The normalized spacial score (nSPS) is 16.7. The Bertz CT molecular complexity index is 345. The molecule has 0 amide bonds. The van der Waals surface area contributed by atoms with Crippen LogP contribution in [0.4, 0.5) is 5.69 Å². The number of hydrogen-bond donors (Lipinski definition) is 1. The van der Waals surface area contributed by atoms with Crippen molar-refractivity contribution in [3.63, 3.8) is 0 Å². The lowest BCUT2D eigenvalue weighted by atomic mass is 9.99. The summed E-state index contributed by atoms with van der Waals surface area (Å²) in [5, 5.41) is 0. The molecule has 1 unspecified atom stereocenters. The summed E-state index contributed by atoms with van der Waals surface area (Å²) in [4.78, 5) is 2.54. The number of benzene rings is 1. The van der Waals surface area contributed by atoms with Gasteiger partial charge < -0.3 is 10.6 Å². The van der Waals surface area contributed by atoms with Crippen molar-refractivity contribution in [3.05, 3.63) is 29.8 Å². The predicted octanol–water partition coefficient (Wildman–Crippen LogP) is 2.81. The standard InChI is InChI=1S/C15H24N2/c1-2-13(12-16)9-11-17-10-5-7-14-6-3-4-8-15(14)17/h3-4,6,8,13H,2,5,7,9-12,16H2,1H3.